The second-order valence-corrected chi connectivity index (χ2v) is 2.39. The summed E-state index contributed by atoms with van der Waals surface area (Å²) in [6, 6.07) is 1.98. The van der Waals surface area contributed by atoms with Crippen LogP contribution in [0.2, 0.25) is 0 Å². The molecule has 0 atom stereocenters. The Morgan fingerprint density at radius 2 is 2.36 bits per heavy atom. The first kappa shape index (κ1) is 6.34. The molecule has 2 rings (SSSR count). The molecule has 0 aliphatic carbocycles. The monoisotopic (exact) mass is 147 g/mol. The van der Waals surface area contributed by atoms with Gasteiger partial charge in [0.1, 0.15) is 0 Å². The summed E-state index contributed by atoms with van der Waals surface area (Å²) in [6.45, 7) is 2.09. The Hall–Kier alpha value is -1.38. The molecular weight excluding hydrogens is 138 g/mol. The van der Waals surface area contributed by atoms with Crippen molar-refractivity contribution in [1.29, 1.82) is 0 Å². The number of hydrogen-bond donors (Lipinski definition) is 0. The molecule has 0 bridgehead atoms. The van der Waals surface area contributed by atoms with E-state index in [9.17, 15) is 0 Å². The minimum absolute atomic E-state index is 0.954. The topological polar surface area (TPSA) is 30.2 Å². The minimum Gasteiger partial charge on any atom is -0.257 e. The van der Waals surface area contributed by atoms with Gasteiger partial charge in [-0.15, -0.1) is 0 Å². The molecule has 2 aromatic rings. The van der Waals surface area contributed by atoms with E-state index in [1.54, 1.807) is 12.4 Å². The van der Waals surface area contributed by atoms with Crippen molar-refractivity contribution in [2.45, 2.75) is 13.3 Å². The van der Waals surface area contributed by atoms with E-state index in [-0.39, 0.29) is 0 Å². The quantitative estimate of drug-likeness (QED) is 0.608. The van der Waals surface area contributed by atoms with Gasteiger partial charge in [-0.2, -0.15) is 5.10 Å². The normalized spacial score (nSPS) is 10.6. The van der Waals surface area contributed by atoms with Gasteiger partial charge in [0.05, 0.1) is 17.4 Å². The average Bonchev–Trinajstić information content (AvgIpc) is 2.50. The van der Waals surface area contributed by atoms with Crippen LogP contribution in [0.25, 0.3) is 5.52 Å². The van der Waals surface area contributed by atoms with E-state index in [2.05, 4.69) is 17.0 Å². The average molecular weight is 147 g/mol. The molecule has 2 aromatic heterocycles. The predicted molar refractivity (Wildman–Crippen MR) is 42.4 cm³/mol. The van der Waals surface area contributed by atoms with Gasteiger partial charge in [0, 0.05) is 12.4 Å². The fraction of sp³-hybridized carbons (Fsp3) is 0.250. The molecule has 2 heterocycles. The maximum Gasteiger partial charge on any atom is 0.0876 e. The number of aryl methyl sites for hydroxylation is 1. The summed E-state index contributed by atoms with van der Waals surface area (Å²) in [4.78, 5) is 4.24. The molecule has 0 aromatic carbocycles. The van der Waals surface area contributed by atoms with Gasteiger partial charge in [-0.1, -0.05) is 6.92 Å². The molecule has 0 saturated heterocycles. The highest BCUT2D eigenvalue weighted by Gasteiger charge is 1.98. The van der Waals surface area contributed by atoms with Crippen molar-refractivity contribution in [2.24, 2.45) is 0 Å². The lowest BCUT2D eigenvalue weighted by Crippen LogP contribution is -1.93. The lowest BCUT2D eigenvalue weighted by atomic mass is 10.3. The SMILES string of the molecule is CCc1nccn2nccc12. The van der Waals surface area contributed by atoms with Crippen LogP contribution in [-0.2, 0) is 6.42 Å². The molecular formula is C8H9N3. The number of fused-ring (bicyclic) bond motifs is 1. The van der Waals surface area contributed by atoms with E-state index in [0.717, 1.165) is 17.6 Å². The maximum absolute atomic E-state index is 4.24. The van der Waals surface area contributed by atoms with Gasteiger partial charge in [-0.25, -0.2) is 4.52 Å². The Morgan fingerprint density at radius 1 is 1.45 bits per heavy atom. The second-order valence-electron chi connectivity index (χ2n) is 2.39. The van der Waals surface area contributed by atoms with Crippen LogP contribution in [0, 0.1) is 0 Å². The van der Waals surface area contributed by atoms with Crippen LogP contribution < -0.4 is 0 Å². The standard InChI is InChI=1S/C8H9N3/c1-2-7-8-3-4-10-11(8)6-5-9-7/h3-6H,2H2,1H3. The van der Waals surface area contributed by atoms with Crippen molar-refractivity contribution in [3.8, 4) is 0 Å². The Labute approximate surface area is 64.7 Å². The molecule has 0 aliphatic heterocycles. The zero-order valence-electron chi connectivity index (χ0n) is 6.36. The molecule has 11 heavy (non-hydrogen) atoms. The maximum atomic E-state index is 4.24. The first-order valence-electron chi connectivity index (χ1n) is 3.69. The van der Waals surface area contributed by atoms with Gasteiger partial charge < -0.3 is 0 Å². The van der Waals surface area contributed by atoms with Crippen LogP contribution in [-0.4, -0.2) is 14.6 Å². The fourth-order valence-corrected chi connectivity index (χ4v) is 1.19. The van der Waals surface area contributed by atoms with Crippen LogP contribution in [0.15, 0.2) is 24.7 Å². The molecule has 0 spiro atoms. The number of aromatic nitrogens is 3. The Kier molecular flexibility index (Phi) is 1.35. The lowest BCUT2D eigenvalue weighted by molar-refractivity contribution is 0.914. The van der Waals surface area contributed by atoms with Gasteiger partial charge in [0.15, 0.2) is 0 Å². The minimum atomic E-state index is 0.954. The van der Waals surface area contributed by atoms with Gasteiger partial charge in [-0.3, -0.25) is 4.98 Å². The van der Waals surface area contributed by atoms with Gasteiger partial charge >= 0.3 is 0 Å². The summed E-state index contributed by atoms with van der Waals surface area (Å²) in [5, 5.41) is 4.10. The first-order chi connectivity index (χ1) is 5.42. The molecule has 0 amide bonds. The third-order valence-corrected chi connectivity index (χ3v) is 1.74. The van der Waals surface area contributed by atoms with Gasteiger partial charge in [0.2, 0.25) is 0 Å². The van der Waals surface area contributed by atoms with Gasteiger partial charge in [-0.05, 0) is 12.5 Å². The van der Waals surface area contributed by atoms with Crippen molar-refractivity contribution in [1.82, 2.24) is 14.6 Å². The summed E-state index contributed by atoms with van der Waals surface area (Å²) in [7, 11) is 0. The summed E-state index contributed by atoms with van der Waals surface area (Å²) >= 11 is 0. The van der Waals surface area contributed by atoms with E-state index >= 15 is 0 Å². The highest BCUT2D eigenvalue weighted by atomic mass is 15.2. The van der Waals surface area contributed by atoms with Crippen molar-refractivity contribution < 1.29 is 0 Å². The molecule has 0 unspecified atom stereocenters. The molecule has 56 valence electrons. The zero-order chi connectivity index (χ0) is 7.68. The van der Waals surface area contributed by atoms with E-state index in [1.165, 1.54) is 0 Å². The van der Waals surface area contributed by atoms with Crippen molar-refractivity contribution >= 4 is 5.52 Å². The second kappa shape index (κ2) is 2.34. The molecule has 0 saturated carbocycles. The molecule has 0 N–H and O–H groups in total. The Balaban J connectivity index is 2.79. The summed E-state index contributed by atoms with van der Waals surface area (Å²) in [6.07, 6.45) is 6.37. The van der Waals surface area contributed by atoms with Crippen LogP contribution in [0.4, 0.5) is 0 Å². The van der Waals surface area contributed by atoms with Crippen LogP contribution in [0.3, 0.4) is 0 Å². The van der Waals surface area contributed by atoms with Crippen LogP contribution in [0.5, 0.6) is 0 Å². The summed E-state index contributed by atoms with van der Waals surface area (Å²) in [5.74, 6) is 0. The van der Waals surface area contributed by atoms with Gasteiger partial charge in [0.25, 0.3) is 0 Å². The third kappa shape index (κ3) is 0.888. The number of hydrogen-bond acceptors (Lipinski definition) is 2. The smallest absolute Gasteiger partial charge is 0.0876 e. The van der Waals surface area contributed by atoms with Crippen LogP contribution in [0.1, 0.15) is 12.6 Å². The predicted octanol–water partition coefficient (Wildman–Crippen LogP) is 1.29. The van der Waals surface area contributed by atoms with Crippen LogP contribution >= 0.6 is 0 Å². The van der Waals surface area contributed by atoms with Crippen molar-refractivity contribution in [3.63, 3.8) is 0 Å². The van der Waals surface area contributed by atoms with E-state index in [1.807, 2.05) is 16.8 Å². The van der Waals surface area contributed by atoms with E-state index in [0.29, 0.717) is 0 Å². The van der Waals surface area contributed by atoms with E-state index < -0.39 is 0 Å². The zero-order valence-corrected chi connectivity index (χ0v) is 6.36. The fourth-order valence-electron chi connectivity index (χ4n) is 1.19. The molecule has 0 fully saturated rings. The highest BCUT2D eigenvalue weighted by Crippen LogP contribution is 2.06. The number of nitrogens with zero attached hydrogens (tertiary/aromatic N) is 3. The van der Waals surface area contributed by atoms with E-state index in [4.69, 9.17) is 0 Å². The Bertz CT molecular complexity index is 364. The Morgan fingerprint density at radius 3 is 3.18 bits per heavy atom. The molecule has 0 radical (unpaired) electrons. The summed E-state index contributed by atoms with van der Waals surface area (Å²) in [5.41, 5.74) is 2.21. The lowest BCUT2D eigenvalue weighted by Gasteiger charge is -1.96. The first-order valence-corrected chi connectivity index (χ1v) is 3.69. The third-order valence-electron chi connectivity index (χ3n) is 1.74. The van der Waals surface area contributed by atoms with Crippen molar-refractivity contribution in [3.05, 3.63) is 30.4 Å². The number of rotatable bonds is 1. The molecule has 0 aliphatic rings. The van der Waals surface area contributed by atoms with Crippen molar-refractivity contribution in [2.75, 3.05) is 0 Å². The molecule has 3 nitrogen and oxygen atoms in total. The summed E-state index contributed by atoms with van der Waals surface area (Å²) < 4.78 is 1.84. The largest absolute Gasteiger partial charge is 0.257 e. The highest BCUT2D eigenvalue weighted by molar-refractivity contribution is 5.49. The molecule has 3 heteroatoms.